The third-order valence-corrected chi connectivity index (χ3v) is 2.69. The van der Waals surface area contributed by atoms with E-state index in [4.69, 9.17) is 4.74 Å². The van der Waals surface area contributed by atoms with E-state index in [0.29, 0.717) is 6.61 Å². The van der Waals surface area contributed by atoms with E-state index >= 15 is 0 Å². The van der Waals surface area contributed by atoms with Crippen LogP contribution in [0.5, 0.6) is 5.75 Å². The number of fused-ring (bicyclic) bond motifs is 1. The lowest BCUT2D eigenvalue weighted by Crippen LogP contribution is -2.26. The Balaban J connectivity index is 2.25. The quantitative estimate of drug-likeness (QED) is 0.771. The fourth-order valence-electron chi connectivity index (χ4n) is 1.91. The van der Waals surface area contributed by atoms with Crippen LogP contribution in [0.4, 0.5) is 0 Å². The number of nitrogens with one attached hydrogen (secondary N) is 1. The molecule has 84 valence electrons. The Morgan fingerprint density at radius 1 is 1.50 bits per heavy atom. The summed E-state index contributed by atoms with van der Waals surface area (Å²) in [5.74, 6) is 0.732. The van der Waals surface area contributed by atoms with Crippen molar-refractivity contribution in [3.63, 3.8) is 0 Å². The van der Waals surface area contributed by atoms with E-state index in [0.717, 1.165) is 24.2 Å². The lowest BCUT2D eigenvalue weighted by atomic mass is 10.0. The molecule has 0 saturated carbocycles. The van der Waals surface area contributed by atoms with Crippen LogP contribution in [0.3, 0.4) is 0 Å². The molecule has 1 atom stereocenters. The van der Waals surface area contributed by atoms with Crippen LogP contribution in [0.1, 0.15) is 24.4 Å². The first-order chi connectivity index (χ1) is 7.81. The van der Waals surface area contributed by atoms with Gasteiger partial charge in [-0.25, -0.2) is 0 Å². The normalized spacial score (nSPS) is 18.9. The molecular formula is C13H15NO2. The van der Waals surface area contributed by atoms with Gasteiger partial charge in [-0.1, -0.05) is 24.8 Å². The average Bonchev–Trinajstić information content (AvgIpc) is 2.52. The third-order valence-electron chi connectivity index (χ3n) is 2.69. The van der Waals surface area contributed by atoms with E-state index in [9.17, 15) is 4.79 Å². The minimum absolute atomic E-state index is 0.0317. The topological polar surface area (TPSA) is 38.3 Å². The molecule has 0 fully saturated rings. The van der Waals surface area contributed by atoms with E-state index in [1.54, 1.807) is 0 Å². The number of benzene rings is 1. The van der Waals surface area contributed by atoms with Crippen LogP contribution >= 0.6 is 0 Å². The van der Waals surface area contributed by atoms with Gasteiger partial charge in [-0.2, -0.15) is 0 Å². The Hall–Kier alpha value is -1.77. The van der Waals surface area contributed by atoms with Crippen LogP contribution in [0.15, 0.2) is 36.9 Å². The molecule has 1 aromatic rings. The SMILES string of the molecule is C=CC(=O)NC1CCCOc2ccccc21. The first-order valence-electron chi connectivity index (χ1n) is 5.46. The summed E-state index contributed by atoms with van der Waals surface area (Å²) in [4.78, 5) is 11.3. The predicted molar refractivity (Wildman–Crippen MR) is 62.3 cm³/mol. The lowest BCUT2D eigenvalue weighted by Gasteiger charge is -2.17. The summed E-state index contributed by atoms with van der Waals surface area (Å²) in [5, 5.41) is 2.93. The zero-order valence-corrected chi connectivity index (χ0v) is 9.11. The molecule has 3 nitrogen and oxygen atoms in total. The Kier molecular flexibility index (Phi) is 3.25. The number of carbonyl (C=O) groups excluding carboxylic acids is 1. The van der Waals surface area contributed by atoms with Crippen molar-refractivity contribution >= 4 is 5.91 Å². The van der Waals surface area contributed by atoms with Gasteiger partial charge in [0.1, 0.15) is 5.75 Å². The highest BCUT2D eigenvalue weighted by Crippen LogP contribution is 2.30. The molecule has 0 bridgehead atoms. The predicted octanol–water partition coefficient (Wildman–Crippen LogP) is 2.20. The third kappa shape index (κ3) is 2.24. The van der Waals surface area contributed by atoms with Gasteiger partial charge in [0.2, 0.25) is 5.91 Å². The molecule has 3 heteroatoms. The molecule has 2 rings (SSSR count). The zero-order valence-electron chi connectivity index (χ0n) is 9.11. The summed E-state index contributed by atoms with van der Waals surface area (Å²) in [5.41, 5.74) is 1.05. The van der Waals surface area contributed by atoms with E-state index < -0.39 is 0 Å². The zero-order chi connectivity index (χ0) is 11.4. The van der Waals surface area contributed by atoms with Crippen LogP contribution in [0, 0.1) is 0 Å². The molecule has 0 spiro atoms. The molecule has 1 aliphatic rings. The second kappa shape index (κ2) is 4.84. The van der Waals surface area contributed by atoms with E-state index in [2.05, 4.69) is 11.9 Å². The number of ether oxygens (including phenoxy) is 1. The summed E-state index contributed by atoms with van der Waals surface area (Å²) in [6.07, 6.45) is 3.14. The summed E-state index contributed by atoms with van der Waals surface area (Å²) in [6.45, 7) is 4.17. The Labute approximate surface area is 95.1 Å². The Morgan fingerprint density at radius 3 is 3.12 bits per heavy atom. The van der Waals surface area contributed by atoms with Crippen molar-refractivity contribution in [1.82, 2.24) is 5.32 Å². The number of para-hydroxylation sites is 1. The minimum atomic E-state index is -0.137. The molecule has 0 radical (unpaired) electrons. The van der Waals surface area contributed by atoms with Crippen LogP contribution in [0.25, 0.3) is 0 Å². The first kappa shape index (κ1) is 10.7. The van der Waals surface area contributed by atoms with E-state index in [-0.39, 0.29) is 11.9 Å². The molecule has 1 aliphatic heterocycles. The molecule has 0 saturated heterocycles. The molecule has 1 heterocycles. The van der Waals surface area contributed by atoms with Crippen LogP contribution in [-0.4, -0.2) is 12.5 Å². The van der Waals surface area contributed by atoms with Crippen molar-refractivity contribution in [2.24, 2.45) is 0 Å². The average molecular weight is 217 g/mol. The standard InChI is InChI=1S/C13H15NO2/c1-2-13(15)14-11-7-5-9-16-12-8-4-3-6-10(11)12/h2-4,6,8,11H,1,5,7,9H2,(H,14,15). The molecular weight excluding hydrogens is 202 g/mol. The smallest absolute Gasteiger partial charge is 0.243 e. The molecule has 0 aromatic heterocycles. The molecule has 1 amide bonds. The van der Waals surface area contributed by atoms with Crippen molar-refractivity contribution in [3.05, 3.63) is 42.5 Å². The summed E-state index contributed by atoms with van der Waals surface area (Å²) >= 11 is 0. The number of amides is 1. The monoisotopic (exact) mass is 217 g/mol. The number of carbonyl (C=O) groups is 1. The van der Waals surface area contributed by atoms with Gasteiger partial charge in [0, 0.05) is 5.56 Å². The van der Waals surface area contributed by atoms with Gasteiger partial charge in [0.15, 0.2) is 0 Å². The van der Waals surface area contributed by atoms with Crippen molar-refractivity contribution in [2.45, 2.75) is 18.9 Å². The van der Waals surface area contributed by atoms with Gasteiger partial charge in [0.05, 0.1) is 12.6 Å². The first-order valence-corrected chi connectivity index (χ1v) is 5.46. The lowest BCUT2D eigenvalue weighted by molar-refractivity contribution is -0.117. The maximum atomic E-state index is 11.3. The highest BCUT2D eigenvalue weighted by atomic mass is 16.5. The molecule has 1 N–H and O–H groups in total. The number of hydrogen-bond donors (Lipinski definition) is 1. The Morgan fingerprint density at radius 2 is 2.31 bits per heavy atom. The second-order valence-corrected chi connectivity index (χ2v) is 3.79. The van der Waals surface area contributed by atoms with Crippen LogP contribution in [0.2, 0.25) is 0 Å². The maximum Gasteiger partial charge on any atom is 0.243 e. The van der Waals surface area contributed by atoms with Gasteiger partial charge in [-0.15, -0.1) is 0 Å². The van der Waals surface area contributed by atoms with Gasteiger partial charge in [-0.3, -0.25) is 4.79 Å². The fourth-order valence-corrected chi connectivity index (χ4v) is 1.91. The van der Waals surface area contributed by atoms with Gasteiger partial charge in [-0.05, 0) is 25.0 Å². The summed E-state index contributed by atoms with van der Waals surface area (Å²) < 4.78 is 5.62. The summed E-state index contributed by atoms with van der Waals surface area (Å²) in [7, 11) is 0. The summed E-state index contributed by atoms with van der Waals surface area (Å²) in [6, 6.07) is 7.86. The molecule has 1 aromatic carbocycles. The van der Waals surface area contributed by atoms with Crippen molar-refractivity contribution in [2.75, 3.05) is 6.61 Å². The van der Waals surface area contributed by atoms with E-state index in [1.807, 2.05) is 24.3 Å². The van der Waals surface area contributed by atoms with Gasteiger partial charge < -0.3 is 10.1 Å². The fraction of sp³-hybridized carbons (Fsp3) is 0.308. The largest absolute Gasteiger partial charge is 0.493 e. The van der Waals surface area contributed by atoms with Gasteiger partial charge >= 0.3 is 0 Å². The second-order valence-electron chi connectivity index (χ2n) is 3.79. The Bertz CT molecular complexity index is 401. The highest BCUT2D eigenvalue weighted by molar-refractivity contribution is 5.87. The van der Waals surface area contributed by atoms with Crippen molar-refractivity contribution in [1.29, 1.82) is 0 Å². The van der Waals surface area contributed by atoms with Crippen LogP contribution in [-0.2, 0) is 4.79 Å². The van der Waals surface area contributed by atoms with Crippen molar-refractivity contribution in [3.8, 4) is 5.75 Å². The molecule has 0 aliphatic carbocycles. The van der Waals surface area contributed by atoms with E-state index in [1.165, 1.54) is 6.08 Å². The number of hydrogen-bond acceptors (Lipinski definition) is 2. The molecule has 16 heavy (non-hydrogen) atoms. The van der Waals surface area contributed by atoms with Crippen molar-refractivity contribution < 1.29 is 9.53 Å². The van der Waals surface area contributed by atoms with Gasteiger partial charge in [0.25, 0.3) is 0 Å². The minimum Gasteiger partial charge on any atom is -0.493 e. The maximum absolute atomic E-state index is 11.3. The highest BCUT2D eigenvalue weighted by Gasteiger charge is 2.19. The van der Waals surface area contributed by atoms with Crippen LogP contribution < -0.4 is 10.1 Å². The molecule has 1 unspecified atom stereocenters. The number of rotatable bonds is 2.